The van der Waals surface area contributed by atoms with Crippen molar-refractivity contribution >= 4 is 26.0 Å². The van der Waals surface area contributed by atoms with Crippen LogP contribution in [0, 0.1) is 0 Å². The van der Waals surface area contributed by atoms with Crippen molar-refractivity contribution in [2.75, 3.05) is 6.61 Å². The number of hydrogen-bond donors (Lipinski definition) is 0. The highest BCUT2D eigenvalue weighted by Crippen LogP contribution is 2.38. The quantitative estimate of drug-likeness (QED) is 0.386. The molecule has 33 heavy (non-hydrogen) atoms. The number of sulfonamides is 1. The van der Waals surface area contributed by atoms with Gasteiger partial charge in [0.2, 0.25) is 10.0 Å². The fourth-order valence-corrected chi connectivity index (χ4v) is 5.93. The first-order chi connectivity index (χ1) is 16.0. The Morgan fingerprint density at radius 2 is 1.70 bits per heavy atom. The van der Waals surface area contributed by atoms with Crippen LogP contribution in [-0.2, 0) is 23.1 Å². The number of rotatable bonds is 5. The van der Waals surface area contributed by atoms with Gasteiger partial charge in [0.25, 0.3) is 0 Å². The van der Waals surface area contributed by atoms with E-state index < -0.39 is 16.1 Å². The fourth-order valence-electron chi connectivity index (χ4n) is 3.90. The molecule has 0 spiro atoms. The molecular formula is C24H21BrN4O3S. The molecule has 168 valence electrons. The molecule has 0 saturated carbocycles. The Morgan fingerprint density at radius 3 is 2.45 bits per heavy atom. The summed E-state index contributed by atoms with van der Waals surface area (Å²) in [4.78, 5) is 0.140. The van der Waals surface area contributed by atoms with Gasteiger partial charge in [-0.1, -0.05) is 81.8 Å². The maximum atomic E-state index is 13.8. The van der Waals surface area contributed by atoms with Crippen LogP contribution in [0.5, 0.6) is 5.75 Å². The molecule has 0 unspecified atom stereocenters. The van der Waals surface area contributed by atoms with Crippen molar-refractivity contribution in [3.8, 4) is 5.75 Å². The SMILES string of the molecule is O=S1(=O)c2ccc(Br)cc2OC[C@@H](c2ccccc2)N1Cc1cn(Cc2ccccc2)nn1. The maximum absolute atomic E-state index is 13.8. The number of fused-ring (bicyclic) bond motifs is 1. The lowest BCUT2D eigenvalue weighted by Crippen LogP contribution is -2.35. The van der Waals surface area contributed by atoms with Gasteiger partial charge >= 0.3 is 0 Å². The van der Waals surface area contributed by atoms with Gasteiger partial charge in [-0.15, -0.1) is 5.10 Å². The van der Waals surface area contributed by atoms with Crippen LogP contribution in [0.2, 0.25) is 0 Å². The highest BCUT2D eigenvalue weighted by atomic mass is 79.9. The van der Waals surface area contributed by atoms with Gasteiger partial charge in [-0.3, -0.25) is 0 Å². The Bertz CT molecular complexity index is 1360. The molecule has 4 aromatic rings. The van der Waals surface area contributed by atoms with E-state index in [1.807, 2.05) is 60.7 Å². The Labute approximate surface area is 200 Å². The van der Waals surface area contributed by atoms with E-state index in [0.717, 1.165) is 15.6 Å². The van der Waals surface area contributed by atoms with E-state index in [4.69, 9.17) is 4.74 Å². The molecule has 1 aliphatic heterocycles. The Kier molecular flexibility index (Phi) is 6.01. The minimum Gasteiger partial charge on any atom is -0.490 e. The third-order valence-corrected chi connectivity index (χ3v) is 7.90. The molecule has 9 heteroatoms. The lowest BCUT2D eigenvalue weighted by Gasteiger charge is -2.27. The largest absolute Gasteiger partial charge is 0.490 e. The zero-order valence-electron chi connectivity index (χ0n) is 17.6. The summed E-state index contributed by atoms with van der Waals surface area (Å²) in [7, 11) is -3.87. The Morgan fingerprint density at radius 1 is 0.970 bits per heavy atom. The Hall–Kier alpha value is -3.01. The van der Waals surface area contributed by atoms with Gasteiger partial charge in [-0.2, -0.15) is 4.31 Å². The fraction of sp³-hybridized carbons (Fsp3) is 0.167. The van der Waals surface area contributed by atoms with Crippen molar-refractivity contribution in [3.63, 3.8) is 0 Å². The van der Waals surface area contributed by atoms with Crippen molar-refractivity contribution in [1.82, 2.24) is 19.3 Å². The van der Waals surface area contributed by atoms with E-state index >= 15 is 0 Å². The van der Waals surface area contributed by atoms with Crippen LogP contribution >= 0.6 is 15.9 Å². The van der Waals surface area contributed by atoms with E-state index in [0.29, 0.717) is 18.0 Å². The summed E-state index contributed by atoms with van der Waals surface area (Å²) in [6.45, 7) is 0.822. The number of aromatic nitrogens is 3. The Balaban J connectivity index is 1.51. The van der Waals surface area contributed by atoms with E-state index in [-0.39, 0.29) is 18.0 Å². The third-order valence-electron chi connectivity index (χ3n) is 5.51. The molecule has 0 bridgehead atoms. The maximum Gasteiger partial charge on any atom is 0.247 e. The van der Waals surface area contributed by atoms with Crippen LogP contribution in [0.3, 0.4) is 0 Å². The average molecular weight is 525 g/mol. The molecule has 0 amide bonds. The summed E-state index contributed by atoms with van der Waals surface area (Å²) in [6.07, 6.45) is 1.79. The lowest BCUT2D eigenvalue weighted by atomic mass is 10.1. The highest BCUT2D eigenvalue weighted by molar-refractivity contribution is 9.10. The highest BCUT2D eigenvalue weighted by Gasteiger charge is 2.38. The summed E-state index contributed by atoms with van der Waals surface area (Å²) in [5.41, 5.74) is 2.51. The van der Waals surface area contributed by atoms with Crippen molar-refractivity contribution in [2.45, 2.75) is 24.0 Å². The molecule has 0 aliphatic carbocycles. The lowest BCUT2D eigenvalue weighted by molar-refractivity contribution is 0.209. The van der Waals surface area contributed by atoms with Gasteiger partial charge in [0.15, 0.2) is 0 Å². The average Bonchev–Trinajstić information content (AvgIpc) is 3.22. The molecular weight excluding hydrogens is 504 g/mol. The third kappa shape index (κ3) is 4.57. The van der Waals surface area contributed by atoms with Gasteiger partial charge in [0.1, 0.15) is 17.3 Å². The monoisotopic (exact) mass is 524 g/mol. The van der Waals surface area contributed by atoms with Crippen molar-refractivity contribution in [2.24, 2.45) is 0 Å². The second kappa shape index (κ2) is 9.09. The van der Waals surface area contributed by atoms with Gasteiger partial charge < -0.3 is 4.74 Å². The van der Waals surface area contributed by atoms with Gasteiger partial charge in [0, 0.05) is 4.47 Å². The molecule has 1 atom stereocenters. The molecule has 0 radical (unpaired) electrons. The van der Waals surface area contributed by atoms with E-state index in [1.54, 1.807) is 29.1 Å². The standard InChI is InChI=1S/C24H21BrN4O3S/c25-20-11-12-24-23(13-20)32-17-22(19-9-5-2-6-10-19)29(33(24,30)31)16-21-15-28(27-26-21)14-18-7-3-1-4-8-18/h1-13,15,22H,14,16-17H2/t22-/m0/s1. The predicted octanol–water partition coefficient (Wildman–Crippen LogP) is 4.41. The van der Waals surface area contributed by atoms with Crippen LogP contribution < -0.4 is 4.74 Å². The van der Waals surface area contributed by atoms with Crippen molar-refractivity contribution in [3.05, 3.63) is 106 Å². The first-order valence-electron chi connectivity index (χ1n) is 10.4. The normalized spacial score (nSPS) is 17.7. The molecule has 0 fully saturated rings. The van der Waals surface area contributed by atoms with E-state index in [2.05, 4.69) is 26.2 Å². The number of halogens is 1. The van der Waals surface area contributed by atoms with Gasteiger partial charge in [0.05, 0.1) is 31.0 Å². The first kappa shape index (κ1) is 21.8. The molecule has 7 nitrogen and oxygen atoms in total. The molecule has 2 heterocycles. The summed E-state index contributed by atoms with van der Waals surface area (Å²) in [5.74, 6) is 0.334. The molecule has 1 aromatic heterocycles. The summed E-state index contributed by atoms with van der Waals surface area (Å²) >= 11 is 3.40. The summed E-state index contributed by atoms with van der Waals surface area (Å²) in [6, 6.07) is 23.9. The van der Waals surface area contributed by atoms with E-state index in [9.17, 15) is 8.42 Å². The van der Waals surface area contributed by atoms with Gasteiger partial charge in [-0.05, 0) is 29.3 Å². The predicted molar refractivity (Wildman–Crippen MR) is 127 cm³/mol. The summed E-state index contributed by atoms with van der Waals surface area (Å²) < 4.78 is 37.5. The number of hydrogen-bond acceptors (Lipinski definition) is 5. The molecule has 3 aromatic carbocycles. The van der Waals surface area contributed by atoms with Crippen molar-refractivity contribution in [1.29, 1.82) is 0 Å². The zero-order valence-corrected chi connectivity index (χ0v) is 20.0. The molecule has 0 saturated heterocycles. The molecule has 5 rings (SSSR count). The topological polar surface area (TPSA) is 77.3 Å². The second-order valence-electron chi connectivity index (χ2n) is 7.77. The second-order valence-corrected chi connectivity index (χ2v) is 10.5. The number of ether oxygens (including phenoxy) is 1. The number of nitrogens with zero attached hydrogens (tertiary/aromatic N) is 4. The minimum absolute atomic E-state index is 0.0789. The summed E-state index contributed by atoms with van der Waals surface area (Å²) in [5, 5.41) is 8.47. The van der Waals surface area contributed by atoms with Crippen molar-refractivity contribution < 1.29 is 13.2 Å². The first-order valence-corrected chi connectivity index (χ1v) is 12.7. The molecule has 1 aliphatic rings. The molecule has 0 N–H and O–H groups in total. The van der Waals surface area contributed by atoms with Crippen LogP contribution in [0.1, 0.15) is 22.9 Å². The van der Waals surface area contributed by atoms with Crippen LogP contribution in [0.25, 0.3) is 0 Å². The van der Waals surface area contributed by atoms with Crippen LogP contribution in [0.4, 0.5) is 0 Å². The zero-order chi connectivity index (χ0) is 22.8. The van der Waals surface area contributed by atoms with Crippen LogP contribution in [0.15, 0.2) is 94.4 Å². The number of benzene rings is 3. The minimum atomic E-state index is -3.87. The van der Waals surface area contributed by atoms with E-state index in [1.165, 1.54) is 4.31 Å². The van der Waals surface area contributed by atoms with Crippen LogP contribution in [-0.4, -0.2) is 34.3 Å². The van der Waals surface area contributed by atoms with Gasteiger partial charge in [-0.25, -0.2) is 13.1 Å². The smallest absolute Gasteiger partial charge is 0.247 e.